The first-order chi connectivity index (χ1) is 18.9. The molecule has 0 spiro atoms. The van der Waals surface area contributed by atoms with Crippen LogP contribution in [0, 0.1) is 26.1 Å². The van der Waals surface area contributed by atoms with Gasteiger partial charge < -0.3 is 15.0 Å². The number of methoxy groups -OCH3 is 1. The number of hydrogen-bond donors (Lipinski definition) is 1. The third-order valence-electron chi connectivity index (χ3n) is 7.22. The predicted molar refractivity (Wildman–Crippen MR) is 136 cm³/mol. The molecule has 0 radical (unpaired) electrons. The summed E-state index contributed by atoms with van der Waals surface area (Å²) in [5.74, 6) is 0.0123. The molecule has 1 amide bonds. The summed E-state index contributed by atoms with van der Waals surface area (Å²) in [6.45, 7) is 0.298. The molecule has 2 fully saturated rings. The van der Waals surface area contributed by atoms with Crippen LogP contribution < -0.4 is 15.0 Å². The number of nitro groups is 2. The summed E-state index contributed by atoms with van der Waals surface area (Å²) in [6, 6.07) is 8.22. The zero-order chi connectivity index (χ0) is 29.2. The van der Waals surface area contributed by atoms with Gasteiger partial charge in [0.1, 0.15) is 5.75 Å². The minimum absolute atomic E-state index is 0.00800. The van der Waals surface area contributed by atoms with Gasteiger partial charge in [0.2, 0.25) is 5.91 Å². The van der Waals surface area contributed by atoms with E-state index in [9.17, 15) is 38.2 Å². The maximum atomic E-state index is 13.2. The molecule has 0 saturated carbocycles. The largest absolute Gasteiger partial charge is 0.497 e. The molecule has 40 heavy (non-hydrogen) atoms. The summed E-state index contributed by atoms with van der Waals surface area (Å²) >= 11 is 0. The van der Waals surface area contributed by atoms with Crippen molar-refractivity contribution < 1.29 is 37.4 Å². The number of hydrogen-bond acceptors (Lipinski definition) is 9. The van der Waals surface area contributed by atoms with Gasteiger partial charge >= 0.3 is 6.18 Å². The first kappa shape index (κ1) is 29.0. The number of carbonyl (C=O) groups is 1. The Hall–Kier alpha value is -3.98. The van der Waals surface area contributed by atoms with Crippen molar-refractivity contribution in [2.75, 3.05) is 38.7 Å². The number of nitrogens with zero attached hydrogens (tertiary/aromatic N) is 4. The Morgan fingerprint density at radius 3 is 2.17 bits per heavy atom. The molecule has 4 rings (SSSR count). The molecule has 0 aliphatic carbocycles. The third-order valence-corrected chi connectivity index (χ3v) is 7.22. The van der Waals surface area contributed by atoms with Crippen LogP contribution >= 0.6 is 0 Å². The molecular weight excluding hydrogens is 539 g/mol. The van der Waals surface area contributed by atoms with E-state index in [1.165, 1.54) is 4.90 Å². The van der Waals surface area contributed by atoms with E-state index in [1.807, 2.05) is 31.3 Å². The molecule has 0 aromatic heterocycles. The molecule has 0 unspecified atom stereocenters. The zero-order valence-corrected chi connectivity index (χ0v) is 21.7. The van der Waals surface area contributed by atoms with E-state index >= 15 is 0 Å². The van der Waals surface area contributed by atoms with Crippen molar-refractivity contribution in [2.45, 2.75) is 37.6 Å². The monoisotopic (exact) mass is 567 g/mol. The smallest absolute Gasteiger partial charge is 0.416 e. The highest BCUT2D eigenvalue weighted by atomic mass is 19.4. The Balaban J connectivity index is 1.37. The van der Waals surface area contributed by atoms with Gasteiger partial charge in [-0.15, -0.1) is 0 Å². The molecule has 0 bridgehead atoms. The Labute approximate surface area is 226 Å². The second-order valence-corrected chi connectivity index (χ2v) is 9.68. The second-order valence-electron chi connectivity index (χ2n) is 9.68. The lowest BCUT2D eigenvalue weighted by atomic mass is 9.94. The Bertz CT molecular complexity index is 1230. The number of alkyl halides is 3. The number of halogens is 3. The molecule has 2 atom stereocenters. The van der Waals surface area contributed by atoms with Crippen molar-refractivity contribution in [3.63, 3.8) is 0 Å². The minimum atomic E-state index is -4.99. The standard InChI is InChI=1S/C25H28F3N5O7/c1-30-20(15-3-5-18(39-2)6-4-15)13-19(40-30)14-29-24(34)16-7-9-31(10-8-16)23-21(32(35)36)11-17(25(26,27)28)12-22(23)33(37)38/h3-6,11-12,16,19-20H,7-10,13-14H2,1-2H3,(H,29,34)/t19-,20+/m0/s1. The lowest BCUT2D eigenvalue weighted by Crippen LogP contribution is -2.42. The van der Waals surface area contributed by atoms with Crippen LogP contribution in [-0.2, 0) is 15.8 Å². The average Bonchev–Trinajstić information content (AvgIpc) is 3.30. The fourth-order valence-electron chi connectivity index (χ4n) is 5.14. The number of hydroxylamine groups is 2. The fourth-order valence-corrected chi connectivity index (χ4v) is 5.14. The molecule has 2 saturated heterocycles. The number of piperidine rings is 1. The Kier molecular flexibility index (Phi) is 8.44. The van der Waals surface area contributed by atoms with Crippen molar-refractivity contribution in [1.82, 2.24) is 10.4 Å². The van der Waals surface area contributed by atoms with E-state index in [-0.39, 0.29) is 50.5 Å². The fraction of sp³-hybridized carbons (Fsp3) is 0.480. The average molecular weight is 568 g/mol. The molecular formula is C25H28F3N5O7. The van der Waals surface area contributed by atoms with Gasteiger partial charge in [-0.1, -0.05) is 12.1 Å². The van der Waals surface area contributed by atoms with Crippen molar-refractivity contribution in [2.24, 2.45) is 5.92 Å². The zero-order valence-electron chi connectivity index (χ0n) is 21.7. The van der Waals surface area contributed by atoms with E-state index in [4.69, 9.17) is 9.57 Å². The van der Waals surface area contributed by atoms with Gasteiger partial charge in [0.15, 0.2) is 5.69 Å². The van der Waals surface area contributed by atoms with E-state index in [2.05, 4.69) is 5.32 Å². The van der Waals surface area contributed by atoms with Gasteiger partial charge in [0.25, 0.3) is 11.4 Å². The van der Waals surface area contributed by atoms with Gasteiger partial charge in [-0.3, -0.25) is 29.9 Å². The molecule has 1 N–H and O–H groups in total. The van der Waals surface area contributed by atoms with Crippen LogP contribution in [0.2, 0.25) is 0 Å². The summed E-state index contributed by atoms with van der Waals surface area (Å²) in [7, 11) is 3.40. The van der Waals surface area contributed by atoms with Gasteiger partial charge in [-0.25, -0.2) is 0 Å². The number of ether oxygens (including phenoxy) is 1. The molecule has 2 aromatic carbocycles. The van der Waals surface area contributed by atoms with E-state index in [0.717, 1.165) is 11.3 Å². The van der Waals surface area contributed by atoms with Crippen LogP contribution in [-0.4, -0.2) is 60.7 Å². The number of nitro benzene ring substituents is 2. The molecule has 2 aliphatic rings. The van der Waals surface area contributed by atoms with E-state index in [0.29, 0.717) is 18.6 Å². The predicted octanol–water partition coefficient (Wildman–Crippen LogP) is 4.24. The lowest BCUT2D eigenvalue weighted by molar-refractivity contribution is -0.393. The number of benzene rings is 2. The highest BCUT2D eigenvalue weighted by Crippen LogP contribution is 2.44. The molecule has 216 valence electrons. The molecule has 2 aliphatic heterocycles. The van der Waals surface area contributed by atoms with Crippen molar-refractivity contribution in [3.8, 4) is 5.75 Å². The molecule has 2 aromatic rings. The summed E-state index contributed by atoms with van der Waals surface area (Å²) in [5.41, 5.74) is -2.93. The number of amides is 1. The molecule has 15 heteroatoms. The van der Waals surface area contributed by atoms with E-state index in [1.54, 1.807) is 12.2 Å². The summed E-state index contributed by atoms with van der Waals surface area (Å²) in [6.07, 6.45) is -4.20. The molecule has 2 heterocycles. The highest BCUT2D eigenvalue weighted by molar-refractivity contribution is 5.80. The molecule has 12 nitrogen and oxygen atoms in total. The maximum Gasteiger partial charge on any atom is 0.416 e. The summed E-state index contributed by atoms with van der Waals surface area (Å²) in [5, 5.41) is 27.8. The number of rotatable bonds is 8. The van der Waals surface area contributed by atoms with Crippen LogP contribution in [0.5, 0.6) is 5.75 Å². The Morgan fingerprint density at radius 2 is 1.68 bits per heavy atom. The number of nitrogens with one attached hydrogen (secondary N) is 1. The van der Waals surface area contributed by atoms with Crippen LogP contribution in [0.25, 0.3) is 0 Å². The second kappa shape index (κ2) is 11.6. The number of anilines is 1. The summed E-state index contributed by atoms with van der Waals surface area (Å²) in [4.78, 5) is 41.0. The quantitative estimate of drug-likeness (QED) is 0.366. The van der Waals surface area contributed by atoms with Crippen LogP contribution in [0.1, 0.15) is 36.4 Å². The van der Waals surface area contributed by atoms with Gasteiger partial charge in [0, 0.05) is 44.7 Å². The first-order valence-corrected chi connectivity index (χ1v) is 12.5. The first-order valence-electron chi connectivity index (χ1n) is 12.5. The van der Waals surface area contributed by atoms with Gasteiger partial charge in [0.05, 0.1) is 34.7 Å². The minimum Gasteiger partial charge on any atom is -0.497 e. The van der Waals surface area contributed by atoms with Crippen molar-refractivity contribution in [1.29, 1.82) is 0 Å². The summed E-state index contributed by atoms with van der Waals surface area (Å²) < 4.78 is 44.8. The lowest BCUT2D eigenvalue weighted by Gasteiger charge is -2.32. The Morgan fingerprint density at radius 1 is 1.10 bits per heavy atom. The van der Waals surface area contributed by atoms with E-state index < -0.39 is 44.6 Å². The maximum absolute atomic E-state index is 13.2. The topological polar surface area (TPSA) is 140 Å². The normalized spacial score (nSPS) is 20.4. The van der Waals surface area contributed by atoms with Crippen LogP contribution in [0.3, 0.4) is 0 Å². The van der Waals surface area contributed by atoms with Crippen molar-refractivity contribution in [3.05, 3.63) is 67.8 Å². The van der Waals surface area contributed by atoms with Crippen LogP contribution in [0.15, 0.2) is 36.4 Å². The van der Waals surface area contributed by atoms with Crippen LogP contribution in [0.4, 0.5) is 30.2 Å². The van der Waals surface area contributed by atoms with Crippen molar-refractivity contribution >= 4 is 23.0 Å². The third kappa shape index (κ3) is 6.25. The SMILES string of the molecule is COc1ccc([C@H]2C[C@@H](CNC(=O)C3CCN(c4c([N+](=O)[O-])cc(C(F)(F)F)cc4[N+](=O)[O-])CC3)ON2C)cc1. The van der Waals surface area contributed by atoms with Gasteiger partial charge in [-0.05, 0) is 37.0 Å². The number of carbonyl (C=O) groups excluding carboxylic acids is 1. The highest BCUT2D eigenvalue weighted by Gasteiger charge is 2.40. The van der Waals surface area contributed by atoms with Gasteiger partial charge in [-0.2, -0.15) is 18.2 Å².